The SMILES string of the molecule is O=C(O)CCCCC(=O)N1CC=C(c2cccc3ccccc23)CC1. The van der Waals surface area contributed by atoms with E-state index in [1.807, 2.05) is 11.0 Å². The number of carbonyl (C=O) groups excluding carboxylic acids is 1. The Morgan fingerprint density at radius 2 is 1.76 bits per heavy atom. The Kier molecular flexibility index (Phi) is 5.49. The van der Waals surface area contributed by atoms with Crippen molar-refractivity contribution in [2.24, 2.45) is 0 Å². The molecule has 0 radical (unpaired) electrons. The van der Waals surface area contributed by atoms with E-state index in [0.29, 0.717) is 25.8 Å². The van der Waals surface area contributed by atoms with Crippen molar-refractivity contribution in [3.8, 4) is 0 Å². The molecule has 1 N–H and O–H groups in total. The molecule has 4 nitrogen and oxygen atoms in total. The second kappa shape index (κ2) is 7.97. The molecule has 1 aliphatic rings. The normalized spacial score (nSPS) is 14.4. The van der Waals surface area contributed by atoms with E-state index in [1.165, 1.54) is 21.9 Å². The lowest BCUT2D eigenvalue weighted by molar-refractivity contribution is -0.137. The van der Waals surface area contributed by atoms with E-state index in [1.54, 1.807) is 0 Å². The maximum Gasteiger partial charge on any atom is 0.303 e. The molecule has 0 atom stereocenters. The highest BCUT2D eigenvalue weighted by molar-refractivity contribution is 5.94. The minimum Gasteiger partial charge on any atom is -0.481 e. The molecule has 0 bridgehead atoms. The van der Waals surface area contributed by atoms with Gasteiger partial charge in [-0.2, -0.15) is 0 Å². The van der Waals surface area contributed by atoms with Crippen LogP contribution in [0.25, 0.3) is 16.3 Å². The number of carboxylic acid groups (broad SMARTS) is 1. The van der Waals surface area contributed by atoms with Gasteiger partial charge in [-0.3, -0.25) is 9.59 Å². The summed E-state index contributed by atoms with van der Waals surface area (Å²) in [5, 5.41) is 11.1. The fourth-order valence-corrected chi connectivity index (χ4v) is 3.36. The summed E-state index contributed by atoms with van der Waals surface area (Å²) in [5.41, 5.74) is 2.55. The van der Waals surface area contributed by atoms with Crippen LogP contribution in [0.5, 0.6) is 0 Å². The lowest BCUT2D eigenvalue weighted by Gasteiger charge is -2.27. The Hall–Kier alpha value is -2.62. The third-order valence-corrected chi connectivity index (χ3v) is 4.73. The van der Waals surface area contributed by atoms with E-state index in [2.05, 4.69) is 42.5 Å². The molecule has 25 heavy (non-hydrogen) atoms. The highest BCUT2D eigenvalue weighted by Gasteiger charge is 2.18. The van der Waals surface area contributed by atoms with E-state index in [0.717, 1.165) is 13.0 Å². The van der Waals surface area contributed by atoms with Gasteiger partial charge in [-0.1, -0.05) is 48.5 Å². The van der Waals surface area contributed by atoms with E-state index >= 15 is 0 Å². The summed E-state index contributed by atoms with van der Waals surface area (Å²) in [4.78, 5) is 24.6. The molecule has 0 aromatic heterocycles. The first-order chi connectivity index (χ1) is 12.1. The molecule has 0 fully saturated rings. The lowest BCUT2D eigenvalue weighted by Crippen LogP contribution is -2.34. The first-order valence-corrected chi connectivity index (χ1v) is 8.82. The number of amides is 1. The Morgan fingerprint density at radius 3 is 2.52 bits per heavy atom. The molecule has 0 saturated heterocycles. The quantitative estimate of drug-likeness (QED) is 0.807. The molecule has 4 heteroatoms. The van der Waals surface area contributed by atoms with Crippen LogP contribution in [-0.4, -0.2) is 35.0 Å². The molecule has 0 aliphatic carbocycles. The summed E-state index contributed by atoms with van der Waals surface area (Å²) < 4.78 is 0. The molecule has 1 heterocycles. The van der Waals surface area contributed by atoms with Crippen molar-refractivity contribution >= 4 is 28.2 Å². The van der Waals surface area contributed by atoms with Crippen LogP contribution in [0.4, 0.5) is 0 Å². The van der Waals surface area contributed by atoms with E-state index in [-0.39, 0.29) is 12.3 Å². The number of rotatable bonds is 6. The smallest absolute Gasteiger partial charge is 0.303 e. The Bertz CT molecular complexity index is 804. The number of hydrogen-bond donors (Lipinski definition) is 1. The maximum absolute atomic E-state index is 12.2. The van der Waals surface area contributed by atoms with Crippen LogP contribution in [0, 0.1) is 0 Å². The van der Waals surface area contributed by atoms with Crippen LogP contribution >= 0.6 is 0 Å². The van der Waals surface area contributed by atoms with E-state index in [4.69, 9.17) is 5.11 Å². The predicted octanol–water partition coefficient (Wildman–Crippen LogP) is 4.10. The van der Waals surface area contributed by atoms with Gasteiger partial charge in [0.2, 0.25) is 5.91 Å². The highest BCUT2D eigenvalue weighted by Crippen LogP contribution is 2.29. The average Bonchev–Trinajstić information content (AvgIpc) is 2.64. The Balaban J connectivity index is 1.62. The third kappa shape index (κ3) is 4.27. The summed E-state index contributed by atoms with van der Waals surface area (Å²) in [6.07, 6.45) is 4.78. The van der Waals surface area contributed by atoms with Crippen molar-refractivity contribution in [2.75, 3.05) is 13.1 Å². The van der Waals surface area contributed by atoms with Crippen LogP contribution in [0.3, 0.4) is 0 Å². The standard InChI is InChI=1S/C21H23NO3/c23-20(10-3-4-11-21(24)25)22-14-12-17(13-15-22)19-9-5-7-16-6-1-2-8-18(16)19/h1-2,5-9,12H,3-4,10-11,13-15H2,(H,24,25). The molecule has 1 aliphatic heterocycles. The number of carbonyl (C=O) groups is 2. The highest BCUT2D eigenvalue weighted by atomic mass is 16.4. The van der Waals surface area contributed by atoms with Gasteiger partial charge < -0.3 is 10.0 Å². The number of carboxylic acids is 1. The topological polar surface area (TPSA) is 57.6 Å². The Morgan fingerprint density at radius 1 is 1.00 bits per heavy atom. The van der Waals surface area contributed by atoms with Crippen LogP contribution < -0.4 is 0 Å². The molecule has 2 aromatic carbocycles. The zero-order valence-corrected chi connectivity index (χ0v) is 14.3. The number of benzene rings is 2. The number of aliphatic carboxylic acids is 1. The molecular weight excluding hydrogens is 314 g/mol. The van der Waals surface area contributed by atoms with Gasteiger partial charge in [0, 0.05) is 25.9 Å². The summed E-state index contributed by atoms with van der Waals surface area (Å²) >= 11 is 0. The molecule has 3 rings (SSSR count). The van der Waals surface area contributed by atoms with Crippen molar-refractivity contribution in [1.29, 1.82) is 0 Å². The number of fused-ring (bicyclic) bond motifs is 1. The monoisotopic (exact) mass is 337 g/mol. The predicted molar refractivity (Wildman–Crippen MR) is 99.2 cm³/mol. The van der Waals surface area contributed by atoms with E-state index < -0.39 is 5.97 Å². The molecule has 2 aromatic rings. The molecule has 0 unspecified atom stereocenters. The average molecular weight is 337 g/mol. The van der Waals surface area contributed by atoms with Gasteiger partial charge >= 0.3 is 5.97 Å². The lowest BCUT2D eigenvalue weighted by atomic mass is 9.94. The van der Waals surface area contributed by atoms with Crippen molar-refractivity contribution in [3.05, 3.63) is 54.1 Å². The summed E-state index contributed by atoms with van der Waals surface area (Å²) in [5.74, 6) is -0.674. The van der Waals surface area contributed by atoms with Crippen molar-refractivity contribution in [2.45, 2.75) is 32.1 Å². The van der Waals surface area contributed by atoms with Crippen LogP contribution in [0.15, 0.2) is 48.5 Å². The fourth-order valence-electron chi connectivity index (χ4n) is 3.36. The fraction of sp³-hybridized carbons (Fsp3) is 0.333. The minimum absolute atomic E-state index is 0.124. The third-order valence-electron chi connectivity index (χ3n) is 4.73. The first kappa shape index (κ1) is 17.2. The number of nitrogens with zero attached hydrogens (tertiary/aromatic N) is 1. The van der Waals surface area contributed by atoms with Gasteiger partial charge in [-0.05, 0) is 41.2 Å². The van der Waals surface area contributed by atoms with Gasteiger partial charge in [0.05, 0.1) is 0 Å². The molecule has 1 amide bonds. The van der Waals surface area contributed by atoms with Crippen molar-refractivity contribution in [3.63, 3.8) is 0 Å². The Labute approximate surface area is 147 Å². The molecular formula is C21H23NO3. The van der Waals surface area contributed by atoms with Gasteiger partial charge in [-0.15, -0.1) is 0 Å². The molecule has 0 saturated carbocycles. The van der Waals surface area contributed by atoms with Crippen LogP contribution in [0.2, 0.25) is 0 Å². The molecule has 130 valence electrons. The second-order valence-corrected chi connectivity index (χ2v) is 6.45. The van der Waals surface area contributed by atoms with Gasteiger partial charge in [0.25, 0.3) is 0 Å². The zero-order chi connectivity index (χ0) is 17.6. The summed E-state index contributed by atoms with van der Waals surface area (Å²) in [6.45, 7) is 1.36. The van der Waals surface area contributed by atoms with Crippen LogP contribution in [-0.2, 0) is 9.59 Å². The van der Waals surface area contributed by atoms with Crippen molar-refractivity contribution < 1.29 is 14.7 Å². The summed E-state index contributed by atoms with van der Waals surface area (Å²) in [6, 6.07) is 14.7. The number of unbranched alkanes of at least 4 members (excludes halogenated alkanes) is 1. The van der Waals surface area contributed by atoms with Crippen molar-refractivity contribution in [1.82, 2.24) is 4.90 Å². The minimum atomic E-state index is -0.798. The maximum atomic E-state index is 12.2. The zero-order valence-electron chi connectivity index (χ0n) is 14.3. The van der Waals surface area contributed by atoms with Gasteiger partial charge in [0.15, 0.2) is 0 Å². The van der Waals surface area contributed by atoms with E-state index in [9.17, 15) is 9.59 Å². The first-order valence-electron chi connectivity index (χ1n) is 8.82. The van der Waals surface area contributed by atoms with Gasteiger partial charge in [-0.25, -0.2) is 0 Å². The largest absolute Gasteiger partial charge is 0.481 e. The van der Waals surface area contributed by atoms with Gasteiger partial charge in [0.1, 0.15) is 0 Å². The summed E-state index contributed by atoms with van der Waals surface area (Å²) in [7, 11) is 0. The second-order valence-electron chi connectivity index (χ2n) is 6.45. The molecule has 0 spiro atoms. The number of hydrogen-bond acceptors (Lipinski definition) is 2. The van der Waals surface area contributed by atoms with Crippen LogP contribution in [0.1, 0.15) is 37.7 Å².